The number of rotatable bonds is 8. The maximum atomic E-state index is 15.0. The third-order valence-electron chi connectivity index (χ3n) is 5.43. The van der Waals surface area contributed by atoms with Crippen LogP contribution in [-0.4, -0.2) is 61.2 Å². The number of hydrogen-bond acceptors (Lipinski definition) is 9. The van der Waals surface area contributed by atoms with Crippen LogP contribution in [0.15, 0.2) is 55.0 Å². The van der Waals surface area contributed by atoms with E-state index in [0.29, 0.717) is 34.8 Å². The van der Waals surface area contributed by atoms with Crippen molar-refractivity contribution in [3.05, 3.63) is 66.5 Å². The molecule has 2 atom stereocenters. The number of hydroxylamine groups is 1. The van der Waals surface area contributed by atoms with E-state index >= 15 is 4.39 Å². The molecule has 2 aliphatic rings. The minimum absolute atomic E-state index is 0.248. The molecule has 3 aromatic rings. The third-order valence-corrected chi connectivity index (χ3v) is 5.92. The molecule has 36 heavy (non-hydrogen) atoms. The van der Waals surface area contributed by atoms with Crippen LogP contribution in [0.5, 0.6) is 0 Å². The van der Waals surface area contributed by atoms with Crippen LogP contribution >= 0.6 is 7.82 Å². The summed E-state index contributed by atoms with van der Waals surface area (Å²) >= 11 is 0. The van der Waals surface area contributed by atoms with Crippen molar-refractivity contribution in [2.45, 2.75) is 18.8 Å². The molecule has 2 aromatic heterocycles. The third kappa shape index (κ3) is 5.42. The number of nitrogens with one attached hydrogen (secondary N) is 1. The second-order valence-corrected chi connectivity index (χ2v) is 9.20. The highest BCUT2D eigenvalue weighted by molar-refractivity contribution is 7.46. The Balaban J connectivity index is 1.25. The fourth-order valence-electron chi connectivity index (χ4n) is 3.77. The van der Waals surface area contributed by atoms with Gasteiger partial charge in [-0.15, -0.1) is 5.10 Å². The predicted molar refractivity (Wildman–Crippen MR) is 121 cm³/mol. The van der Waals surface area contributed by atoms with Gasteiger partial charge in [-0.1, -0.05) is 11.3 Å². The molecular weight excluding hydrogens is 498 g/mol. The summed E-state index contributed by atoms with van der Waals surface area (Å²) in [6, 6.07) is 7.77. The molecule has 0 bridgehead atoms. The van der Waals surface area contributed by atoms with Gasteiger partial charge in [0.25, 0.3) is 0 Å². The first-order valence-corrected chi connectivity index (χ1v) is 12.2. The molecule has 1 unspecified atom stereocenters. The van der Waals surface area contributed by atoms with Crippen molar-refractivity contribution in [1.29, 1.82) is 0 Å². The Morgan fingerprint density at radius 2 is 2.14 bits per heavy atom. The zero-order chi connectivity index (χ0) is 25.3. The Morgan fingerprint density at radius 3 is 2.83 bits per heavy atom. The van der Waals surface area contributed by atoms with Gasteiger partial charge in [0, 0.05) is 23.5 Å². The molecule has 4 heterocycles. The summed E-state index contributed by atoms with van der Waals surface area (Å²) in [6.07, 6.45) is 4.52. The summed E-state index contributed by atoms with van der Waals surface area (Å²) in [7, 11) is -4.61. The van der Waals surface area contributed by atoms with Gasteiger partial charge < -0.3 is 14.5 Å². The minimum atomic E-state index is -4.61. The highest BCUT2D eigenvalue weighted by Crippen LogP contribution is 2.36. The smallest absolute Gasteiger partial charge is 0.442 e. The average Bonchev–Trinajstić information content (AvgIpc) is 3.59. The molecule has 188 valence electrons. The van der Waals surface area contributed by atoms with E-state index in [2.05, 4.69) is 25.3 Å². The molecule has 3 N–H and O–H groups in total. The standard InChI is InChI=1S/C21H20FN6O7P/c22-18-7-14(28-11-16(34-21(28)29)10-27-6-5-24-26-27)2-3-17(18)13-1-4-19(23-9-13)20-8-15(35-25-20)12-33-36(30,31)32/h1-9,15-16,25H,10-12H2,(H2,30,31,32)/t15?,16-/m0/s1. The van der Waals surface area contributed by atoms with Crippen LogP contribution in [0.4, 0.5) is 14.9 Å². The highest BCUT2D eigenvalue weighted by Gasteiger charge is 2.33. The van der Waals surface area contributed by atoms with E-state index in [1.54, 1.807) is 41.2 Å². The number of amides is 1. The average molecular weight is 518 g/mol. The van der Waals surface area contributed by atoms with Crippen LogP contribution in [0.1, 0.15) is 5.69 Å². The van der Waals surface area contributed by atoms with Gasteiger partial charge in [0.15, 0.2) is 0 Å². The van der Waals surface area contributed by atoms with Crippen molar-refractivity contribution in [2.75, 3.05) is 18.1 Å². The van der Waals surface area contributed by atoms with Crippen LogP contribution in [0.3, 0.4) is 0 Å². The molecule has 0 saturated carbocycles. The van der Waals surface area contributed by atoms with Crippen LogP contribution in [0, 0.1) is 5.82 Å². The lowest BCUT2D eigenvalue weighted by Crippen LogP contribution is -2.26. The van der Waals surface area contributed by atoms with Crippen molar-refractivity contribution in [1.82, 2.24) is 25.5 Å². The first-order valence-electron chi connectivity index (χ1n) is 10.7. The lowest BCUT2D eigenvalue weighted by atomic mass is 10.1. The maximum absolute atomic E-state index is 15.0. The minimum Gasteiger partial charge on any atom is -0.442 e. The molecule has 13 nitrogen and oxygen atoms in total. The Labute approximate surface area is 203 Å². The van der Waals surface area contributed by atoms with E-state index in [0.717, 1.165) is 0 Å². The number of phosphoric ester groups is 1. The number of nitrogens with zero attached hydrogens (tertiary/aromatic N) is 5. The van der Waals surface area contributed by atoms with Crippen molar-refractivity contribution >= 4 is 25.3 Å². The van der Waals surface area contributed by atoms with Gasteiger partial charge >= 0.3 is 13.9 Å². The van der Waals surface area contributed by atoms with Gasteiger partial charge in [0.05, 0.1) is 43.0 Å². The second kappa shape index (κ2) is 9.76. The number of anilines is 1. The predicted octanol–water partition coefficient (Wildman–Crippen LogP) is 1.86. The van der Waals surface area contributed by atoms with Crippen LogP contribution in [-0.2, 0) is 25.2 Å². The molecule has 15 heteroatoms. The van der Waals surface area contributed by atoms with Crippen LogP contribution in [0.2, 0.25) is 0 Å². The van der Waals surface area contributed by atoms with E-state index in [4.69, 9.17) is 19.4 Å². The second-order valence-electron chi connectivity index (χ2n) is 7.96. The first kappa shape index (κ1) is 24.0. The number of hydrogen-bond donors (Lipinski definition) is 3. The molecule has 0 radical (unpaired) electrons. The number of ether oxygens (including phenoxy) is 1. The topological polar surface area (TPSA) is 161 Å². The van der Waals surface area contributed by atoms with Crippen molar-refractivity contribution < 1.29 is 37.6 Å². The van der Waals surface area contributed by atoms with Crippen molar-refractivity contribution in [3.8, 4) is 11.1 Å². The Bertz CT molecular complexity index is 1330. The van der Waals surface area contributed by atoms with E-state index in [1.807, 2.05) is 0 Å². The first-order chi connectivity index (χ1) is 17.2. The fourth-order valence-corrected chi connectivity index (χ4v) is 4.11. The molecular formula is C21H20FN6O7P. The van der Waals surface area contributed by atoms with Gasteiger partial charge in [0.2, 0.25) is 0 Å². The molecule has 1 amide bonds. The van der Waals surface area contributed by atoms with Crippen LogP contribution in [0.25, 0.3) is 16.8 Å². The molecule has 1 aromatic carbocycles. The summed E-state index contributed by atoms with van der Waals surface area (Å²) in [5.74, 6) is -0.536. The Hall–Kier alpha value is -3.68. The lowest BCUT2D eigenvalue weighted by molar-refractivity contribution is 0.0162. The zero-order valence-corrected chi connectivity index (χ0v) is 19.4. The lowest BCUT2D eigenvalue weighted by Gasteiger charge is -2.14. The summed E-state index contributed by atoms with van der Waals surface area (Å²) < 4.78 is 37.2. The zero-order valence-electron chi connectivity index (χ0n) is 18.5. The summed E-state index contributed by atoms with van der Waals surface area (Å²) in [5.41, 5.74) is 4.75. The van der Waals surface area contributed by atoms with Crippen LogP contribution < -0.4 is 10.4 Å². The van der Waals surface area contributed by atoms with E-state index in [1.165, 1.54) is 23.4 Å². The molecule has 5 rings (SSSR count). The largest absolute Gasteiger partial charge is 0.469 e. The number of aromatic nitrogens is 4. The Kier molecular flexibility index (Phi) is 6.51. The number of carbonyl (C=O) groups excluding carboxylic acids is 1. The summed E-state index contributed by atoms with van der Waals surface area (Å²) in [6.45, 7) is 0.245. The SMILES string of the molecule is O=C1O[C@@H](Cn2ccnn2)CN1c1ccc(-c2ccc(C3=CC(COP(=O)(O)O)ON3)nc2)c(F)c1. The van der Waals surface area contributed by atoms with Gasteiger partial charge in [-0.3, -0.25) is 24.7 Å². The van der Waals surface area contributed by atoms with Gasteiger partial charge in [-0.05, 0) is 30.3 Å². The van der Waals surface area contributed by atoms with E-state index < -0.39 is 31.9 Å². The number of pyridine rings is 1. The number of halogens is 1. The quantitative estimate of drug-likeness (QED) is 0.373. The van der Waals surface area contributed by atoms with Gasteiger partial charge in [-0.25, -0.2) is 18.4 Å². The van der Waals surface area contributed by atoms with E-state index in [9.17, 15) is 9.36 Å². The molecule has 1 saturated heterocycles. The van der Waals surface area contributed by atoms with Crippen molar-refractivity contribution in [3.63, 3.8) is 0 Å². The molecule has 1 fully saturated rings. The monoisotopic (exact) mass is 518 g/mol. The van der Waals surface area contributed by atoms with Gasteiger partial charge in [-0.2, -0.15) is 0 Å². The number of cyclic esters (lactones) is 1. The summed E-state index contributed by atoms with van der Waals surface area (Å²) in [4.78, 5) is 40.8. The Morgan fingerprint density at radius 1 is 1.28 bits per heavy atom. The van der Waals surface area contributed by atoms with Crippen molar-refractivity contribution in [2.24, 2.45) is 0 Å². The van der Waals surface area contributed by atoms with Gasteiger partial charge in [0.1, 0.15) is 18.0 Å². The number of benzene rings is 1. The fraction of sp³-hybridized carbons (Fsp3) is 0.238. The normalized spacial score (nSPS) is 19.8. The molecule has 0 aliphatic carbocycles. The molecule has 0 spiro atoms. The molecule has 2 aliphatic heterocycles. The maximum Gasteiger partial charge on any atom is 0.469 e. The van der Waals surface area contributed by atoms with E-state index in [-0.39, 0.29) is 13.2 Å². The number of phosphoric acid groups is 1. The highest BCUT2D eigenvalue weighted by atomic mass is 31.2. The summed E-state index contributed by atoms with van der Waals surface area (Å²) in [5, 5.41) is 7.57. The number of carbonyl (C=O) groups is 1.